The topological polar surface area (TPSA) is 52.7 Å². The number of halogens is 1. The Bertz CT molecular complexity index is 945. The largest absolute Gasteiger partial charge is 0.318 e. The Balaban J connectivity index is 1.82. The lowest BCUT2D eigenvalue weighted by molar-refractivity contribution is 0.102. The number of ketones is 1. The number of hydrogen-bond acceptors (Lipinski definition) is 4. The minimum atomic E-state index is 0.0997. The van der Waals surface area contributed by atoms with Crippen molar-refractivity contribution in [2.45, 2.75) is 38.9 Å². The van der Waals surface area contributed by atoms with E-state index < -0.39 is 0 Å². The van der Waals surface area contributed by atoms with Gasteiger partial charge in [0.05, 0.1) is 5.75 Å². The molecule has 0 saturated heterocycles. The van der Waals surface area contributed by atoms with Gasteiger partial charge in [0.25, 0.3) is 0 Å². The molecule has 0 bridgehead atoms. The maximum Gasteiger partial charge on any atom is 0.191 e. The molecule has 0 amide bonds. The van der Waals surface area contributed by atoms with Crippen molar-refractivity contribution in [1.82, 2.24) is 19.3 Å². The molecule has 3 rings (SSSR count). The van der Waals surface area contributed by atoms with Crippen molar-refractivity contribution in [1.29, 1.82) is 0 Å². The fraction of sp³-hybridized carbons (Fsp3) is 0.316. The molecule has 0 saturated carbocycles. The van der Waals surface area contributed by atoms with Crippen LogP contribution in [0, 0.1) is 13.8 Å². The molecular weight excluding hydrogens is 412 g/mol. The van der Waals surface area contributed by atoms with E-state index in [1.54, 1.807) is 6.33 Å². The molecule has 0 aliphatic rings. The third kappa shape index (κ3) is 3.78. The minimum Gasteiger partial charge on any atom is -0.318 e. The molecule has 0 fully saturated rings. The number of carbonyl (C=O) groups is 1. The molecular formula is C19H21BrN4OS. The van der Waals surface area contributed by atoms with Gasteiger partial charge in [0.2, 0.25) is 0 Å². The summed E-state index contributed by atoms with van der Waals surface area (Å²) >= 11 is 4.94. The van der Waals surface area contributed by atoms with Crippen LogP contribution in [0.5, 0.6) is 0 Å². The molecule has 7 heteroatoms. The van der Waals surface area contributed by atoms with E-state index in [0.717, 1.165) is 32.3 Å². The zero-order valence-corrected chi connectivity index (χ0v) is 17.6. The summed E-state index contributed by atoms with van der Waals surface area (Å²) in [7, 11) is 0. The first-order chi connectivity index (χ1) is 12.4. The highest BCUT2D eigenvalue weighted by atomic mass is 79.9. The second kappa shape index (κ2) is 7.80. The molecule has 0 atom stereocenters. The molecule has 5 nitrogen and oxygen atoms in total. The van der Waals surface area contributed by atoms with Crippen molar-refractivity contribution in [2.24, 2.45) is 0 Å². The molecule has 2 aromatic heterocycles. The highest BCUT2D eigenvalue weighted by Gasteiger charge is 2.18. The van der Waals surface area contributed by atoms with Crippen LogP contribution in [0.25, 0.3) is 5.69 Å². The lowest BCUT2D eigenvalue weighted by Gasteiger charge is -2.11. The van der Waals surface area contributed by atoms with E-state index in [2.05, 4.69) is 44.5 Å². The Morgan fingerprint density at radius 1 is 1.27 bits per heavy atom. The lowest BCUT2D eigenvalue weighted by atomic mass is 10.2. The highest BCUT2D eigenvalue weighted by molar-refractivity contribution is 9.10. The van der Waals surface area contributed by atoms with Crippen LogP contribution in [0.2, 0.25) is 0 Å². The van der Waals surface area contributed by atoms with Crippen molar-refractivity contribution in [3.63, 3.8) is 0 Å². The monoisotopic (exact) mass is 432 g/mol. The van der Waals surface area contributed by atoms with E-state index in [4.69, 9.17) is 0 Å². The van der Waals surface area contributed by atoms with E-state index in [1.165, 1.54) is 11.8 Å². The van der Waals surface area contributed by atoms with E-state index >= 15 is 0 Å². The third-order valence-corrected chi connectivity index (χ3v) is 5.68. The average molecular weight is 433 g/mol. The summed E-state index contributed by atoms with van der Waals surface area (Å²) < 4.78 is 5.10. The summed E-state index contributed by atoms with van der Waals surface area (Å²) in [5.74, 6) is 0.441. The molecule has 0 aliphatic carbocycles. The van der Waals surface area contributed by atoms with Crippen LogP contribution in [-0.2, 0) is 0 Å². The van der Waals surface area contributed by atoms with Crippen molar-refractivity contribution < 1.29 is 4.79 Å². The standard InChI is InChI=1S/C19H21BrN4OS/c1-12(2)23-11-21-22-19(23)26-10-18(25)17-8-13(3)24(14(17)4)16-7-5-6-15(20)9-16/h5-9,11-12H,10H2,1-4H3. The van der Waals surface area contributed by atoms with Crippen LogP contribution in [0.15, 0.2) is 46.3 Å². The zero-order chi connectivity index (χ0) is 18.8. The molecule has 0 spiro atoms. The lowest BCUT2D eigenvalue weighted by Crippen LogP contribution is -2.07. The van der Waals surface area contributed by atoms with E-state index in [-0.39, 0.29) is 11.8 Å². The number of thioether (sulfide) groups is 1. The van der Waals surface area contributed by atoms with Crippen LogP contribution in [0.3, 0.4) is 0 Å². The van der Waals surface area contributed by atoms with Crippen LogP contribution < -0.4 is 0 Å². The van der Waals surface area contributed by atoms with E-state index in [9.17, 15) is 4.79 Å². The zero-order valence-electron chi connectivity index (χ0n) is 15.2. The van der Waals surface area contributed by atoms with Crippen molar-refractivity contribution in [2.75, 3.05) is 5.75 Å². The summed E-state index contributed by atoms with van der Waals surface area (Å²) in [4.78, 5) is 12.8. The molecule has 1 aromatic carbocycles. The molecule has 26 heavy (non-hydrogen) atoms. The third-order valence-electron chi connectivity index (χ3n) is 4.23. The predicted octanol–water partition coefficient (Wildman–Crippen LogP) is 5.00. The quantitative estimate of drug-likeness (QED) is 0.405. The van der Waals surface area contributed by atoms with E-state index in [1.807, 2.05) is 48.7 Å². The number of benzene rings is 1. The molecule has 136 valence electrons. The van der Waals surface area contributed by atoms with Gasteiger partial charge in [-0.15, -0.1) is 10.2 Å². The Hall–Kier alpha value is -1.86. The van der Waals surface area contributed by atoms with Gasteiger partial charge in [0.15, 0.2) is 10.9 Å². The first-order valence-corrected chi connectivity index (χ1v) is 10.2. The van der Waals surface area contributed by atoms with E-state index in [0.29, 0.717) is 5.75 Å². The Kier molecular flexibility index (Phi) is 5.67. The summed E-state index contributed by atoms with van der Waals surface area (Å²) in [5, 5.41) is 8.84. The van der Waals surface area contributed by atoms with Crippen molar-refractivity contribution >= 4 is 33.5 Å². The number of carbonyl (C=O) groups excluding carboxylic acids is 1. The van der Waals surface area contributed by atoms with Gasteiger partial charge in [-0.05, 0) is 52.0 Å². The maximum absolute atomic E-state index is 12.8. The van der Waals surface area contributed by atoms with Gasteiger partial charge in [-0.3, -0.25) is 4.79 Å². The van der Waals surface area contributed by atoms with Gasteiger partial charge < -0.3 is 9.13 Å². The van der Waals surface area contributed by atoms with Crippen LogP contribution in [0.1, 0.15) is 41.6 Å². The van der Waals surface area contributed by atoms with Crippen molar-refractivity contribution in [3.8, 4) is 5.69 Å². The first kappa shape index (κ1) is 18.9. The SMILES string of the molecule is Cc1cc(C(=O)CSc2nncn2C(C)C)c(C)n1-c1cccc(Br)c1. The number of aryl methyl sites for hydroxylation is 1. The number of rotatable bonds is 6. The second-order valence-corrected chi connectivity index (χ2v) is 8.28. The number of aromatic nitrogens is 4. The smallest absolute Gasteiger partial charge is 0.191 e. The van der Waals surface area contributed by atoms with Gasteiger partial charge in [-0.2, -0.15) is 0 Å². The highest BCUT2D eigenvalue weighted by Crippen LogP contribution is 2.25. The molecule has 0 aliphatic heterocycles. The Morgan fingerprint density at radius 3 is 2.73 bits per heavy atom. The van der Waals surface area contributed by atoms with Gasteiger partial charge in [-0.25, -0.2) is 0 Å². The average Bonchev–Trinajstić information content (AvgIpc) is 3.17. The van der Waals surface area contributed by atoms with Crippen LogP contribution in [0.4, 0.5) is 0 Å². The number of Topliss-reactive ketones (excluding diaryl/α,β-unsaturated/α-hetero) is 1. The molecule has 2 heterocycles. The normalized spacial score (nSPS) is 11.3. The second-order valence-electron chi connectivity index (χ2n) is 6.43. The molecule has 0 unspecified atom stereocenters. The summed E-state index contributed by atoms with van der Waals surface area (Å²) in [6.07, 6.45) is 1.70. The van der Waals surface area contributed by atoms with Gasteiger partial charge >= 0.3 is 0 Å². The van der Waals surface area contributed by atoms with Gasteiger partial charge in [0, 0.05) is 33.2 Å². The first-order valence-electron chi connectivity index (χ1n) is 8.39. The summed E-state index contributed by atoms with van der Waals surface area (Å²) in [5.41, 5.74) is 3.79. The summed E-state index contributed by atoms with van der Waals surface area (Å²) in [6, 6.07) is 10.3. The maximum atomic E-state index is 12.8. The fourth-order valence-electron chi connectivity index (χ4n) is 2.95. The van der Waals surface area contributed by atoms with Gasteiger partial charge in [-0.1, -0.05) is 33.8 Å². The molecule has 0 radical (unpaired) electrons. The molecule has 0 N–H and O–H groups in total. The van der Waals surface area contributed by atoms with Crippen LogP contribution >= 0.6 is 27.7 Å². The summed E-state index contributed by atoms with van der Waals surface area (Å²) in [6.45, 7) is 8.15. The van der Waals surface area contributed by atoms with Crippen molar-refractivity contribution in [3.05, 3.63) is 58.1 Å². The van der Waals surface area contributed by atoms with Crippen LogP contribution in [-0.4, -0.2) is 30.9 Å². The predicted molar refractivity (Wildman–Crippen MR) is 108 cm³/mol. The van der Waals surface area contributed by atoms with Gasteiger partial charge in [0.1, 0.15) is 6.33 Å². The number of nitrogens with zero attached hydrogens (tertiary/aromatic N) is 4. The fourth-order valence-corrected chi connectivity index (χ4v) is 4.27. The Morgan fingerprint density at radius 2 is 2.04 bits per heavy atom. The number of hydrogen-bond donors (Lipinski definition) is 0. The minimum absolute atomic E-state index is 0.0997. The Labute approximate surface area is 165 Å². The molecule has 3 aromatic rings.